The maximum atomic E-state index is 12.4. The number of carbonyl (C=O) groups excluding carboxylic acids is 1. The Kier molecular flexibility index (Phi) is 7.39. The largest absolute Gasteiger partial charge is 0.573 e. The highest BCUT2D eigenvalue weighted by atomic mass is 32.2. The second kappa shape index (κ2) is 10.1. The van der Waals surface area contributed by atoms with E-state index in [1.54, 1.807) is 23.2 Å². The topological polar surface area (TPSA) is 116 Å². The van der Waals surface area contributed by atoms with Crippen LogP contribution in [0.2, 0.25) is 0 Å². The predicted molar refractivity (Wildman–Crippen MR) is 111 cm³/mol. The summed E-state index contributed by atoms with van der Waals surface area (Å²) in [6.07, 6.45) is -3.36. The molecule has 1 aliphatic rings. The van der Waals surface area contributed by atoms with Gasteiger partial charge < -0.3 is 14.5 Å². The van der Waals surface area contributed by atoms with Gasteiger partial charge in [0.25, 0.3) is 0 Å². The Labute approximate surface area is 188 Å². The lowest BCUT2D eigenvalue weighted by atomic mass is 10.2. The van der Waals surface area contributed by atoms with Crippen molar-refractivity contribution in [2.24, 2.45) is 0 Å². The number of piperazine rings is 1. The third kappa shape index (κ3) is 6.56. The number of rotatable bonds is 7. The van der Waals surface area contributed by atoms with Crippen molar-refractivity contribution in [2.45, 2.75) is 17.7 Å². The molecule has 0 aliphatic carbocycles. The van der Waals surface area contributed by atoms with Crippen LogP contribution in [-0.4, -0.2) is 63.3 Å². The molecule has 0 spiro atoms. The highest BCUT2D eigenvalue weighted by molar-refractivity contribution is 7.89. The Morgan fingerprint density at radius 1 is 1.15 bits per heavy atom. The first-order valence-corrected chi connectivity index (χ1v) is 11.3. The van der Waals surface area contributed by atoms with Gasteiger partial charge in [-0.15, -0.1) is 13.2 Å². The fourth-order valence-electron chi connectivity index (χ4n) is 3.26. The van der Waals surface area contributed by atoms with Crippen LogP contribution in [0, 0.1) is 11.3 Å². The molecule has 1 fully saturated rings. The summed E-state index contributed by atoms with van der Waals surface area (Å²) in [5, 5.41) is 9.20. The Morgan fingerprint density at radius 2 is 1.82 bits per heavy atom. The Balaban J connectivity index is 1.48. The van der Waals surface area contributed by atoms with E-state index in [1.807, 2.05) is 4.90 Å². The molecular formula is C20H20F3N5O4S. The monoisotopic (exact) mass is 483 g/mol. The van der Waals surface area contributed by atoms with Crippen LogP contribution in [0.1, 0.15) is 12.0 Å². The van der Waals surface area contributed by atoms with Gasteiger partial charge in [0.05, 0.1) is 10.5 Å². The van der Waals surface area contributed by atoms with Gasteiger partial charge in [0.1, 0.15) is 17.6 Å². The van der Waals surface area contributed by atoms with Crippen LogP contribution >= 0.6 is 0 Å². The van der Waals surface area contributed by atoms with Gasteiger partial charge in [-0.05, 0) is 36.4 Å². The van der Waals surface area contributed by atoms with Crippen molar-refractivity contribution in [3.8, 4) is 11.8 Å². The van der Waals surface area contributed by atoms with Crippen molar-refractivity contribution >= 4 is 21.7 Å². The second-order valence-corrected chi connectivity index (χ2v) is 8.79. The van der Waals surface area contributed by atoms with Crippen LogP contribution in [-0.2, 0) is 14.8 Å². The summed E-state index contributed by atoms with van der Waals surface area (Å²) >= 11 is 0. The van der Waals surface area contributed by atoms with Crippen LogP contribution < -0.4 is 14.4 Å². The fraction of sp³-hybridized carbons (Fsp3) is 0.350. The molecule has 0 radical (unpaired) electrons. The first-order chi connectivity index (χ1) is 15.6. The zero-order valence-electron chi connectivity index (χ0n) is 17.2. The molecule has 0 atom stereocenters. The van der Waals surface area contributed by atoms with Gasteiger partial charge >= 0.3 is 6.36 Å². The molecule has 176 valence electrons. The molecule has 33 heavy (non-hydrogen) atoms. The third-order valence-electron chi connectivity index (χ3n) is 4.84. The average Bonchev–Trinajstić information content (AvgIpc) is 2.78. The Hall–Kier alpha value is -3.37. The normalized spacial score (nSPS) is 14.6. The zero-order valence-corrected chi connectivity index (χ0v) is 18.1. The molecular weight excluding hydrogens is 463 g/mol. The van der Waals surface area contributed by atoms with E-state index in [2.05, 4.69) is 20.5 Å². The molecule has 2 heterocycles. The van der Waals surface area contributed by atoms with Gasteiger partial charge in [-0.2, -0.15) is 5.26 Å². The number of halogens is 3. The number of nitriles is 1. The number of benzene rings is 1. The molecule has 1 N–H and O–H groups in total. The summed E-state index contributed by atoms with van der Waals surface area (Å²) in [4.78, 5) is 19.9. The first-order valence-electron chi connectivity index (χ1n) is 9.82. The smallest absolute Gasteiger partial charge is 0.406 e. The number of hydrogen-bond donors (Lipinski definition) is 1. The molecule has 3 rings (SSSR count). The highest BCUT2D eigenvalue weighted by Crippen LogP contribution is 2.24. The Morgan fingerprint density at radius 3 is 2.42 bits per heavy atom. The number of aromatic nitrogens is 1. The van der Waals surface area contributed by atoms with Crippen LogP contribution in [0.4, 0.5) is 19.0 Å². The van der Waals surface area contributed by atoms with Gasteiger partial charge in [-0.1, -0.05) is 0 Å². The van der Waals surface area contributed by atoms with Gasteiger partial charge in [0.15, 0.2) is 0 Å². The number of hydrogen-bond acceptors (Lipinski definition) is 7. The van der Waals surface area contributed by atoms with Crippen LogP contribution in [0.15, 0.2) is 47.5 Å². The third-order valence-corrected chi connectivity index (χ3v) is 6.31. The van der Waals surface area contributed by atoms with Crippen LogP contribution in [0.5, 0.6) is 5.75 Å². The van der Waals surface area contributed by atoms with Crippen molar-refractivity contribution < 1.29 is 31.1 Å². The highest BCUT2D eigenvalue weighted by Gasteiger charge is 2.31. The van der Waals surface area contributed by atoms with Crippen LogP contribution in [0.3, 0.4) is 0 Å². The zero-order chi connectivity index (χ0) is 24.1. The summed E-state index contributed by atoms with van der Waals surface area (Å²) in [7, 11) is -4.00. The molecule has 0 unspecified atom stereocenters. The van der Waals surface area contributed by atoms with Gasteiger partial charge in [0.2, 0.25) is 15.9 Å². The van der Waals surface area contributed by atoms with Crippen LogP contribution in [0.25, 0.3) is 0 Å². The summed E-state index contributed by atoms with van der Waals surface area (Å²) < 4.78 is 67.2. The molecule has 9 nitrogen and oxygen atoms in total. The van der Waals surface area contributed by atoms with E-state index in [0.717, 1.165) is 24.3 Å². The number of pyridine rings is 1. The molecule has 1 amide bonds. The van der Waals surface area contributed by atoms with E-state index in [0.29, 0.717) is 37.6 Å². The summed E-state index contributed by atoms with van der Waals surface area (Å²) in [5.41, 5.74) is 0.449. The van der Waals surface area contributed by atoms with Crippen molar-refractivity contribution in [1.29, 1.82) is 5.26 Å². The lowest BCUT2D eigenvalue weighted by Gasteiger charge is -2.35. The van der Waals surface area contributed by atoms with Crippen molar-refractivity contribution in [1.82, 2.24) is 14.6 Å². The van der Waals surface area contributed by atoms with Crippen molar-refractivity contribution in [3.05, 3.63) is 48.2 Å². The number of alkyl halides is 3. The minimum Gasteiger partial charge on any atom is -0.406 e. The fourth-order valence-corrected chi connectivity index (χ4v) is 4.29. The van der Waals surface area contributed by atoms with E-state index >= 15 is 0 Å². The predicted octanol–water partition coefficient (Wildman–Crippen LogP) is 1.87. The molecule has 0 saturated carbocycles. The number of nitrogens with zero attached hydrogens (tertiary/aromatic N) is 4. The SMILES string of the molecule is N#Cc1cccnc1N1CCN(C(=O)CCNS(=O)(=O)c2ccc(OC(F)(F)F)cc2)CC1. The maximum absolute atomic E-state index is 12.4. The lowest BCUT2D eigenvalue weighted by molar-refractivity contribution is -0.274. The first kappa shape index (κ1) is 24.3. The van der Waals surface area contributed by atoms with E-state index in [9.17, 15) is 31.6 Å². The molecule has 1 aliphatic heterocycles. The van der Waals surface area contributed by atoms with Gasteiger partial charge in [-0.25, -0.2) is 18.1 Å². The maximum Gasteiger partial charge on any atom is 0.573 e. The number of amides is 1. The molecule has 1 aromatic heterocycles. The summed E-state index contributed by atoms with van der Waals surface area (Å²) in [6, 6.07) is 9.19. The van der Waals surface area contributed by atoms with E-state index in [-0.39, 0.29) is 23.8 Å². The van der Waals surface area contributed by atoms with E-state index in [4.69, 9.17) is 0 Å². The minimum absolute atomic E-state index is 0.0818. The number of nitrogens with one attached hydrogen (secondary N) is 1. The lowest BCUT2D eigenvalue weighted by Crippen LogP contribution is -2.49. The molecule has 1 saturated heterocycles. The van der Waals surface area contributed by atoms with Crippen molar-refractivity contribution in [3.63, 3.8) is 0 Å². The number of sulfonamides is 1. The van der Waals surface area contributed by atoms with E-state index < -0.39 is 22.1 Å². The summed E-state index contributed by atoms with van der Waals surface area (Å²) in [6.45, 7) is 1.59. The molecule has 1 aromatic carbocycles. The average molecular weight is 483 g/mol. The van der Waals surface area contributed by atoms with E-state index in [1.165, 1.54) is 0 Å². The number of carbonyl (C=O) groups is 1. The molecule has 13 heteroatoms. The van der Waals surface area contributed by atoms with Gasteiger partial charge in [0, 0.05) is 45.3 Å². The quantitative estimate of drug-likeness (QED) is 0.639. The number of anilines is 1. The number of ether oxygens (including phenoxy) is 1. The molecule has 0 bridgehead atoms. The second-order valence-electron chi connectivity index (χ2n) is 7.02. The van der Waals surface area contributed by atoms with Gasteiger partial charge in [-0.3, -0.25) is 4.79 Å². The molecule has 2 aromatic rings. The van der Waals surface area contributed by atoms with Crippen molar-refractivity contribution in [2.75, 3.05) is 37.6 Å². The minimum atomic E-state index is -4.87. The summed E-state index contributed by atoms with van der Waals surface area (Å²) in [5.74, 6) is -0.220. The Bertz CT molecular complexity index is 1130. The standard InChI is InChI=1S/C20H20F3N5O4S/c21-20(22,23)32-16-3-5-17(6-4-16)33(30,31)26-9-7-18(29)27-10-12-28(13-11-27)19-15(14-24)2-1-8-25-19/h1-6,8,26H,7,9-13H2.